The zero-order valence-corrected chi connectivity index (χ0v) is 6.20. The third-order valence-electron chi connectivity index (χ3n) is 1.38. The number of nitrogens with zero attached hydrogens (tertiary/aromatic N) is 1. The van der Waals surface area contributed by atoms with Crippen LogP contribution in [0.2, 0.25) is 0 Å². The molecule has 2 heteroatoms. The quantitative estimate of drug-likeness (QED) is 0.636. The Kier molecular flexibility index (Phi) is 3.06. The third-order valence-corrected chi connectivity index (χ3v) is 1.38. The van der Waals surface area contributed by atoms with Crippen LogP contribution < -0.4 is 0 Å². The fourth-order valence-electron chi connectivity index (χ4n) is 0.856. The Morgan fingerprint density at radius 3 is 2.64 bits per heavy atom. The van der Waals surface area contributed by atoms with E-state index < -0.39 is 0 Å². The first-order valence-electron chi connectivity index (χ1n) is 3.49. The van der Waals surface area contributed by atoms with E-state index >= 15 is 0 Å². The Bertz CT molecular complexity index is 239. The van der Waals surface area contributed by atoms with Gasteiger partial charge in [0.1, 0.15) is 0 Å². The molecular weight excluding hydrogens is 136 g/mol. The van der Waals surface area contributed by atoms with E-state index in [1.807, 2.05) is 36.4 Å². The van der Waals surface area contributed by atoms with Crippen LogP contribution >= 0.6 is 0 Å². The lowest BCUT2D eigenvalue weighted by Crippen LogP contribution is -1.76. The Morgan fingerprint density at radius 2 is 2.00 bits per heavy atom. The Morgan fingerprint density at radius 1 is 1.27 bits per heavy atom. The van der Waals surface area contributed by atoms with Crippen molar-refractivity contribution < 1.29 is 0 Å². The topological polar surface area (TPSA) is 36.2 Å². The number of allylic oxidation sites excluding steroid dienone is 1. The summed E-state index contributed by atoms with van der Waals surface area (Å²) >= 11 is 0. The molecule has 0 aromatic heterocycles. The van der Waals surface area contributed by atoms with Gasteiger partial charge in [0, 0.05) is 6.20 Å². The first-order chi connectivity index (χ1) is 5.43. The normalized spacial score (nSPS) is 10.2. The number of hydrogen-bond donors (Lipinski definition) is 1. The average molecular weight is 146 g/mol. The third kappa shape index (κ3) is 2.76. The second-order valence-electron chi connectivity index (χ2n) is 2.20. The molecule has 0 fully saturated rings. The first kappa shape index (κ1) is 7.66. The number of hydrogen-bond acceptors (Lipinski definition) is 2. The summed E-state index contributed by atoms with van der Waals surface area (Å²) in [6, 6.07) is 10.1. The maximum absolute atomic E-state index is 6.51. The van der Waals surface area contributed by atoms with Crippen LogP contribution in [0, 0.1) is 5.53 Å². The zero-order chi connectivity index (χ0) is 7.94. The van der Waals surface area contributed by atoms with Gasteiger partial charge in [0.25, 0.3) is 0 Å². The Hall–Kier alpha value is -1.44. The van der Waals surface area contributed by atoms with Gasteiger partial charge in [0.15, 0.2) is 0 Å². The molecule has 0 amide bonds. The highest BCUT2D eigenvalue weighted by atomic mass is 14.9. The minimum Gasteiger partial charge on any atom is -0.205 e. The summed E-state index contributed by atoms with van der Waals surface area (Å²) in [5.41, 5.74) is 7.75. The molecule has 0 unspecified atom stereocenters. The summed E-state index contributed by atoms with van der Waals surface area (Å²) in [6.07, 6.45) is 4.21. The predicted molar refractivity (Wildman–Crippen MR) is 44.4 cm³/mol. The summed E-state index contributed by atoms with van der Waals surface area (Å²) in [7, 11) is 0. The molecule has 0 saturated heterocycles. The number of benzene rings is 1. The lowest BCUT2D eigenvalue weighted by molar-refractivity contribution is 1.12. The molecule has 1 rings (SSSR count). The SMILES string of the molecule is N=N/C=C/Cc1ccccc1. The smallest absolute Gasteiger partial charge is 0.0452 e. The van der Waals surface area contributed by atoms with E-state index in [-0.39, 0.29) is 0 Å². The van der Waals surface area contributed by atoms with Gasteiger partial charge >= 0.3 is 0 Å². The molecule has 0 aliphatic heterocycles. The molecule has 0 heterocycles. The van der Waals surface area contributed by atoms with Gasteiger partial charge in [0.2, 0.25) is 0 Å². The Balaban J connectivity index is 2.51. The van der Waals surface area contributed by atoms with E-state index in [1.165, 1.54) is 11.8 Å². The minimum atomic E-state index is 0.850. The van der Waals surface area contributed by atoms with Crippen LogP contribution in [0.25, 0.3) is 0 Å². The van der Waals surface area contributed by atoms with Crippen molar-refractivity contribution in [2.24, 2.45) is 5.11 Å². The van der Waals surface area contributed by atoms with Crippen LogP contribution in [0.4, 0.5) is 0 Å². The molecule has 0 aliphatic carbocycles. The first-order valence-corrected chi connectivity index (χ1v) is 3.49. The van der Waals surface area contributed by atoms with Gasteiger partial charge in [-0.2, -0.15) is 5.11 Å². The fourth-order valence-corrected chi connectivity index (χ4v) is 0.856. The van der Waals surface area contributed by atoms with Gasteiger partial charge in [-0.1, -0.05) is 36.4 Å². The summed E-state index contributed by atoms with van der Waals surface area (Å²) < 4.78 is 0. The van der Waals surface area contributed by atoms with Crippen LogP contribution in [-0.4, -0.2) is 0 Å². The van der Waals surface area contributed by atoms with E-state index in [4.69, 9.17) is 5.53 Å². The maximum atomic E-state index is 6.51. The van der Waals surface area contributed by atoms with Crippen molar-refractivity contribution in [1.82, 2.24) is 0 Å². The molecule has 1 N–H and O–H groups in total. The molecule has 0 atom stereocenters. The summed E-state index contributed by atoms with van der Waals surface area (Å²) in [6.45, 7) is 0. The van der Waals surface area contributed by atoms with Crippen molar-refractivity contribution in [3.63, 3.8) is 0 Å². The van der Waals surface area contributed by atoms with E-state index in [1.54, 1.807) is 0 Å². The van der Waals surface area contributed by atoms with E-state index in [2.05, 4.69) is 5.11 Å². The molecule has 2 nitrogen and oxygen atoms in total. The lowest BCUT2D eigenvalue weighted by Gasteiger charge is -1.91. The second-order valence-corrected chi connectivity index (χ2v) is 2.20. The summed E-state index contributed by atoms with van der Waals surface area (Å²) in [5, 5.41) is 3.12. The van der Waals surface area contributed by atoms with E-state index in [0.717, 1.165) is 6.42 Å². The highest BCUT2D eigenvalue weighted by Crippen LogP contribution is 1.99. The number of nitrogens with one attached hydrogen (secondary N) is 1. The zero-order valence-electron chi connectivity index (χ0n) is 6.20. The molecule has 0 aliphatic rings. The van der Waals surface area contributed by atoms with Gasteiger partial charge in [-0.15, -0.1) is 0 Å². The summed E-state index contributed by atoms with van der Waals surface area (Å²) in [5.74, 6) is 0. The van der Waals surface area contributed by atoms with Crippen molar-refractivity contribution in [3.8, 4) is 0 Å². The van der Waals surface area contributed by atoms with Crippen molar-refractivity contribution in [2.45, 2.75) is 6.42 Å². The van der Waals surface area contributed by atoms with E-state index in [9.17, 15) is 0 Å². The molecule has 0 spiro atoms. The molecule has 0 bridgehead atoms. The monoisotopic (exact) mass is 146 g/mol. The van der Waals surface area contributed by atoms with Crippen molar-refractivity contribution in [2.75, 3.05) is 0 Å². The second kappa shape index (κ2) is 4.39. The average Bonchev–Trinajstić information content (AvgIpc) is 2.07. The van der Waals surface area contributed by atoms with Crippen LogP contribution in [0.1, 0.15) is 5.56 Å². The van der Waals surface area contributed by atoms with Crippen LogP contribution in [0.15, 0.2) is 47.7 Å². The Labute approximate surface area is 66.1 Å². The largest absolute Gasteiger partial charge is 0.205 e. The molecule has 0 radical (unpaired) electrons. The van der Waals surface area contributed by atoms with Crippen molar-refractivity contribution in [1.29, 1.82) is 5.53 Å². The highest BCUT2D eigenvalue weighted by Gasteiger charge is 1.83. The van der Waals surface area contributed by atoms with Gasteiger partial charge < -0.3 is 0 Å². The molecular formula is C9H10N2. The standard InChI is InChI=1S/C9H10N2/c10-11-8-4-7-9-5-2-1-3-6-9/h1-6,8,10H,7H2/b8-4+,11-10?. The fraction of sp³-hybridized carbons (Fsp3) is 0.111. The minimum absolute atomic E-state index is 0.850. The molecule has 11 heavy (non-hydrogen) atoms. The van der Waals surface area contributed by atoms with Gasteiger partial charge in [-0.05, 0) is 12.0 Å². The molecule has 1 aromatic carbocycles. The van der Waals surface area contributed by atoms with E-state index in [0.29, 0.717) is 0 Å². The van der Waals surface area contributed by atoms with Gasteiger partial charge in [0.05, 0.1) is 0 Å². The lowest BCUT2D eigenvalue weighted by atomic mass is 10.1. The van der Waals surface area contributed by atoms with Crippen molar-refractivity contribution in [3.05, 3.63) is 48.2 Å². The maximum Gasteiger partial charge on any atom is 0.0452 e. The van der Waals surface area contributed by atoms with Crippen LogP contribution in [-0.2, 0) is 6.42 Å². The van der Waals surface area contributed by atoms with Crippen LogP contribution in [0.5, 0.6) is 0 Å². The van der Waals surface area contributed by atoms with Gasteiger partial charge in [-0.3, -0.25) is 0 Å². The van der Waals surface area contributed by atoms with Crippen molar-refractivity contribution >= 4 is 0 Å². The predicted octanol–water partition coefficient (Wildman–Crippen LogP) is 2.77. The summed E-state index contributed by atoms with van der Waals surface area (Å²) in [4.78, 5) is 0. The number of rotatable bonds is 3. The van der Waals surface area contributed by atoms with Gasteiger partial charge in [-0.25, -0.2) is 5.53 Å². The molecule has 0 saturated carbocycles. The highest BCUT2D eigenvalue weighted by molar-refractivity contribution is 5.17. The molecule has 1 aromatic rings. The van der Waals surface area contributed by atoms with Crippen LogP contribution in [0.3, 0.4) is 0 Å². The molecule has 56 valence electrons.